The quantitative estimate of drug-likeness (QED) is 0.890. The second-order valence-electron chi connectivity index (χ2n) is 5.60. The number of hydrogen-bond donors (Lipinski definition) is 1. The summed E-state index contributed by atoms with van der Waals surface area (Å²) in [6.07, 6.45) is 3.78. The molecule has 1 atom stereocenters. The first-order valence-corrected chi connectivity index (χ1v) is 6.88. The van der Waals surface area contributed by atoms with Crippen LogP contribution in [0.2, 0.25) is 0 Å². The Balaban J connectivity index is 1.82. The first-order valence-electron chi connectivity index (χ1n) is 6.88. The molecular formula is C15H18FNO2. The van der Waals surface area contributed by atoms with Gasteiger partial charge >= 0.3 is 0 Å². The van der Waals surface area contributed by atoms with E-state index >= 15 is 0 Å². The Labute approximate surface area is 112 Å². The van der Waals surface area contributed by atoms with Crippen LogP contribution in [0.4, 0.5) is 4.39 Å². The van der Waals surface area contributed by atoms with Crippen molar-refractivity contribution in [1.82, 2.24) is 4.90 Å². The Hall–Kier alpha value is -1.42. The lowest BCUT2D eigenvalue weighted by Gasteiger charge is -2.37. The van der Waals surface area contributed by atoms with E-state index in [-0.39, 0.29) is 17.0 Å². The molecule has 4 heteroatoms. The summed E-state index contributed by atoms with van der Waals surface area (Å²) < 4.78 is 13.6. The maximum Gasteiger partial charge on any atom is 0.256 e. The van der Waals surface area contributed by atoms with E-state index < -0.39 is 11.9 Å². The lowest BCUT2D eigenvalue weighted by molar-refractivity contribution is -0.145. The third-order valence-corrected chi connectivity index (χ3v) is 4.37. The normalized spacial score (nSPS) is 22.3. The number of rotatable bonds is 2. The molecular weight excluding hydrogens is 245 g/mol. The Morgan fingerprint density at radius 3 is 2.68 bits per heavy atom. The number of aliphatic hydroxyl groups excluding tert-OH is 1. The van der Waals surface area contributed by atoms with Gasteiger partial charge in [-0.1, -0.05) is 18.2 Å². The average Bonchev–Trinajstić information content (AvgIpc) is 3.18. The second-order valence-corrected chi connectivity index (χ2v) is 5.60. The number of piperidine rings is 1. The Kier molecular flexibility index (Phi) is 3.05. The zero-order valence-corrected chi connectivity index (χ0v) is 10.8. The summed E-state index contributed by atoms with van der Waals surface area (Å²) in [6, 6.07) is 5.94. The number of carbonyl (C=O) groups excluding carboxylic acids is 1. The van der Waals surface area contributed by atoms with Gasteiger partial charge in [0, 0.05) is 17.6 Å². The van der Waals surface area contributed by atoms with Gasteiger partial charge in [0.2, 0.25) is 0 Å². The molecule has 1 aromatic rings. The average molecular weight is 263 g/mol. The van der Waals surface area contributed by atoms with Crippen molar-refractivity contribution in [3.63, 3.8) is 0 Å². The minimum Gasteiger partial charge on any atom is -0.378 e. The van der Waals surface area contributed by atoms with Crippen molar-refractivity contribution in [1.29, 1.82) is 0 Å². The fourth-order valence-corrected chi connectivity index (χ4v) is 3.08. The molecule has 3 rings (SSSR count). The number of nitrogens with zero attached hydrogens (tertiary/aromatic N) is 1. The maximum atomic E-state index is 13.6. The summed E-state index contributed by atoms with van der Waals surface area (Å²) in [5.41, 5.74) is 0.0514. The lowest BCUT2D eigenvalue weighted by atomic mass is 9.98. The van der Waals surface area contributed by atoms with Crippen LogP contribution in [0.5, 0.6) is 0 Å². The van der Waals surface area contributed by atoms with E-state index in [0.29, 0.717) is 6.54 Å². The molecule has 2 aliphatic rings. The predicted octanol–water partition coefficient (Wildman–Crippen LogP) is 2.40. The molecule has 1 aliphatic carbocycles. The van der Waals surface area contributed by atoms with Crippen molar-refractivity contribution in [2.24, 2.45) is 0 Å². The highest BCUT2D eigenvalue weighted by atomic mass is 19.1. The zero-order chi connectivity index (χ0) is 13.5. The number of benzene rings is 1. The van der Waals surface area contributed by atoms with Crippen LogP contribution in [-0.4, -0.2) is 28.0 Å². The highest BCUT2D eigenvalue weighted by Crippen LogP contribution is 2.49. The van der Waals surface area contributed by atoms with E-state index in [1.165, 1.54) is 12.1 Å². The molecule has 0 radical (unpaired) electrons. The predicted molar refractivity (Wildman–Crippen MR) is 68.9 cm³/mol. The van der Waals surface area contributed by atoms with Gasteiger partial charge < -0.3 is 10.0 Å². The molecule has 0 aromatic heterocycles. The van der Waals surface area contributed by atoms with Gasteiger partial charge in [-0.15, -0.1) is 0 Å². The molecule has 19 heavy (non-hydrogen) atoms. The van der Waals surface area contributed by atoms with Crippen molar-refractivity contribution in [3.05, 3.63) is 35.6 Å². The van der Waals surface area contributed by atoms with Crippen LogP contribution in [0.1, 0.15) is 43.8 Å². The molecule has 0 unspecified atom stereocenters. The molecule has 1 spiro atoms. The molecule has 1 amide bonds. The molecule has 1 saturated heterocycles. The lowest BCUT2D eigenvalue weighted by Crippen LogP contribution is -2.47. The van der Waals surface area contributed by atoms with Gasteiger partial charge in [0.05, 0.1) is 0 Å². The van der Waals surface area contributed by atoms with Gasteiger partial charge in [-0.05, 0) is 38.2 Å². The Morgan fingerprint density at radius 1 is 1.26 bits per heavy atom. The molecule has 2 fully saturated rings. The van der Waals surface area contributed by atoms with E-state index in [1.54, 1.807) is 17.0 Å². The number of aliphatic hydroxyl groups is 1. The Bertz CT molecular complexity index is 499. The summed E-state index contributed by atoms with van der Waals surface area (Å²) in [7, 11) is 0. The fraction of sp³-hybridized carbons (Fsp3) is 0.533. The number of amides is 1. The highest BCUT2D eigenvalue weighted by Gasteiger charge is 2.51. The second kappa shape index (κ2) is 4.60. The van der Waals surface area contributed by atoms with E-state index in [4.69, 9.17) is 0 Å². The fourth-order valence-electron chi connectivity index (χ4n) is 3.08. The standard InChI is InChI=1S/C15H18FNO2/c16-12-6-2-1-5-11(12)13(18)14(19)17-10-4-3-7-15(17)8-9-15/h1-2,5-6,13,18H,3-4,7-10H2/t13-/m0/s1. The van der Waals surface area contributed by atoms with Crippen LogP contribution >= 0.6 is 0 Å². The van der Waals surface area contributed by atoms with Crippen LogP contribution in [0.25, 0.3) is 0 Å². The van der Waals surface area contributed by atoms with Gasteiger partial charge in [0.1, 0.15) is 5.82 Å². The third-order valence-electron chi connectivity index (χ3n) is 4.37. The minimum atomic E-state index is -1.38. The Morgan fingerprint density at radius 2 is 2.00 bits per heavy atom. The van der Waals surface area contributed by atoms with E-state index in [9.17, 15) is 14.3 Å². The van der Waals surface area contributed by atoms with E-state index in [1.807, 2.05) is 0 Å². The van der Waals surface area contributed by atoms with Crippen molar-refractivity contribution in [2.45, 2.75) is 43.7 Å². The monoisotopic (exact) mass is 263 g/mol. The molecule has 1 aliphatic heterocycles. The largest absolute Gasteiger partial charge is 0.378 e. The smallest absolute Gasteiger partial charge is 0.256 e. The molecule has 3 nitrogen and oxygen atoms in total. The van der Waals surface area contributed by atoms with Gasteiger partial charge in [-0.3, -0.25) is 4.79 Å². The van der Waals surface area contributed by atoms with Gasteiger partial charge in [0.25, 0.3) is 5.91 Å². The third kappa shape index (κ3) is 2.14. The zero-order valence-electron chi connectivity index (χ0n) is 10.8. The summed E-state index contributed by atoms with van der Waals surface area (Å²) in [5.74, 6) is -0.868. The number of carbonyl (C=O) groups is 1. The number of likely N-dealkylation sites (tertiary alicyclic amines) is 1. The highest BCUT2D eigenvalue weighted by molar-refractivity contribution is 5.83. The van der Waals surface area contributed by atoms with Crippen LogP contribution in [-0.2, 0) is 4.79 Å². The maximum absolute atomic E-state index is 13.6. The molecule has 102 valence electrons. The van der Waals surface area contributed by atoms with Crippen molar-refractivity contribution < 1.29 is 14.3 Å². The molecule has 1 aromatic carbocycles. The van der Waals surface area contributed by atoms with Crippen molar-refractivity contribution >= 4 is 5.91 Å². The number of hydrogen-bond acceptors (Lipinski definition) is 2. The summed E-state index contributed by atoms with van der Waals surface area (Å²) in [4.78, 5) is 14.2. The van der Waals surface area contributed by atoms with E-state index in [0.717, 1.165) is 32.1 Å². The number of halogens is 1. The summed E-state index contributed by atoms with van der Waals surface area (Å²) in [6.45, 7) is 0.685. The molecule has 1 heterocycles. The summed E-state index contributed by atoms with van der Waals surface area (Å²) >= 11 is 0. The molecule has 1 N–H and O–H groups in total. The molecule has 1 saturated carbocycles. The SMILES string of the molecule is O=C([C@@H](O)c1ccccc1F)N1CCCCC12CC2. The van der Waals surface area contributed by atoms with Crippen LogP contribution < -0.4 is 0 Å². The van der Waals surface area contributed by atoms with Gasteiger partial charge in [-0.2, -0.15) is 0 Å². The molecule has 0 bridgehead atoms. The van der Waals surface area contributed by atoms with Gasteiger partial charge in [0.15, 0.2) is 6.10 Å². The van der Waals surface area contributed by atoms with Crippen LogP contribution in [0.3, 0.4) is 0 Å². The minimum absolute atomic E-state index is 0.0262. The first kappa shape index (κ1) is 12.6. The van der Waals surface area contributed by atoms with Gasteiger partial charge in [-0.25, -0.2) is 4.39 Å². The topological polar surface area (TPSA) is 40.5 Å². The first-order chi connectivity index (χ1) is 9.14. The summed E-state index contributed by atoms with van der Waals surface area (Å²) in [5, 5.41) is 10.2. The van der Waals surface area contributed by atoms with Crippen LogP contribution in [0, 0.1) is 5.82 Å². The van der Waals surface area contributed by atoms with Crippen molar-refractivity contribution in [2.75, 3.05) is 6.54 Å². The van der Waals surface area contributed by atoms with Crippen molar-refractivity contribution in [3.8, 4) is 0 Å². The van der Waals surface area contributed by atoms with Crippen LogP contribution in [0.15, 0.2) is 24.3 Å². The van der Waals surface area contributed by atoms with E-state index in [2.05, 4.69) is 0 Å².